The molecule has 2 saturated carbocycles. The zero-order chi connectivity index (χ0) is 35.0. The van der Waals surface area contributed by atoms with Gasteiger partial charge >= 0.3 is 23.9 Å². The first-order valence-corrected chi connectivity index (χ1v) is 18.8. The summed E-state index contributed by atoms with van der Waals surface area (Å²) in [4.78, 5) is 50.6. The van der Waals surface area contributed by atoms with Crippen molar-refractivity contribution in [3.8, 4) is 23.0 Å². The number of ether oxygens (including phenoxy) is 4. The highest BCUT2D eigenvalue weighted by atomic mass is 16.6. The predicted octanol–water partition coefficient (Wildman–Crippen LogP) is 9.81. The van der Waals surface area contributed by atoms with Crippen LogP contribution in [0.5, 0.6) is 23.0 Å². The maximum atomic E-state index is 12.7. The maximum absolute atomic E-state index is 12.7. The van der Waals surface area contributed by atoms with E-state index in [0.29, 0.717) is 23.0 Å². The van der Waals surface area contributed by atoms with Crippen LogP contribution in [0.1, 0.15) is 130 Å². The van der Waals surface area contributed by atoms with Crippen molar-refractivity contribution in [2.75, 3.05) is 0 Å². The fourth-order valence-electron chi connectivity index (χ4n) is 7.01. The van der Waals surface area contributed by atoms with Gasteiger partial charge < -0.3 is 18.9 Å². The Morgan fingerprint density at radius 2 is 0.918 bits per heavy atom. The predicted molar refractivity (Wildman–Crippen MR) is 188 cm³/mol. The normalized spacial score (nSPS) is 21.3. The number of rotatable bonds is 17. The fourth-order valence-corrected chi connectivity index (χ4v) is 7.01. The first-order valence-electron chi connectivity index (χ1n) is 18.8. The van der Waals surface area contributed by atoms with Crippen LogP contribution in [-0.2, 0) is 19.2 Å². The van der Waals surface area contributed by atoms with Crippen molar-refractivity contribution in [2.24, 2.45) is 29.6 Å². The Labute approximate surface area is 292 Å². The molecule has 268 valence electrons. The van der Waals surface area contributed by atoms with E-state index in [1.165, 1.54) is 51.4 Å². The van der Waals surface area contributed by atoms with Gasteiger partial charge in [-0.1, -0.05) is 72.1 Å². The monoisotopic (exact) mass is 676 g/mol. The molecular formula is C41H56O8. The van der Waals surface area contributed by atoms with Gasteiger partial charge in [-0.3, -0.25) is 19.2 Å². The van der Waals surface area contributed by atoms with Gasteiger partial charge in [-0.2, -0.15) is 0 Å². The first kappa shape index (κ1) is 38.1. The van der Waals surface area contributed by atoms with Gasteiger partial charge in [0.1, 0.15) is 23.0 Å². The molecule has 0 aliphatic heterocycles. The van der Waals surface area contributed by atoms with Crippen molar-refractivity contribution < 1.29 is 38.1 Å². The number of hydrogen-bond acceptors (Lipinski definition) is 8. The smallest absolute Gasteiger partial charge is 0.314 e. The second-order valence-corrected chi connectivity index (χ2v) is 14.2. The Bertz CT molecular complexity index is 1320. The van der Waals surface area contributed by atoms with E-state index in [1.807, 2.05) is 0 Å². The second kappa shape index (κ2) is 20.1. The van der Waals surface area contributed by atoms with E-state index < -0.39 is 17.9 Å². The molecular weight excluding hydrogens is 620 g/mol. The van der Waals surface area contributed by atoms with Gasteiger partial charge in [0.05, 0.1) is 24.2 Å². The Morgan fingerprint density at radius 3 is 1.31 bits per heavy atom. The summed E-state index contributed by atoms with van der Waals surface area (Å²) >= 11 is 0. The SMILES string of the molecule is CCCCCC1CCC(C(=O)Oc2ccc(OC(=O)CC(C)C(=O)Oc3ccc(OC(=O)C4CCC(CCCCC)CC4)cc3)cc2)CC1. The van der Waals surface area contributed by atoms with Gasteiger partial charge in [-0.25, -0.2) is 0 Å². The third kappa shape index (κ3) is 12.9. The highest BCUT2D eigenvalue weighted by molar-refractivity contribution is 5.82. The minimum absolute atomic E-state index is 0.0730. The lowest BCUT2D eigenvalue weighted by Gasteiger charge is -2.27. The van der Waals surface area contributed by atoms with Crippen LogP contribution in [0.3, 0.4) is 0 Å². The summed E-state index contributed by atoms with van der Waals surface area (Å²) in [5, 5.41) is 0. The number of carbonyl (C=O) groups is 4. The maximum Gasteiger partial charge on any atom is 0.314 e. The minimum Gasteiger partial charge on any atom is -0.427 e. The van der Waals surface area contributed by atoms with Crippen molar-refractivity contribution >= 4 is 23.9 Å². The molecule has 1 unspecified atom stereocenters. The summed E-state index contributed by atoms with van der Waals surface area (Å²) in [6.07, 6.45) is 17.7. The zero-order valence-electron chi connectivity index (χ0n) is 29.8. The average Bonchev–Trinajstić information content (AvgIpc) is 3.10. The molecule has 2 aliphatic carbocycles. The quantitative estimate of drug-likeness (QED) is 0.0926. The fraction of sp³-hybridized carbons (Fsp3) is 0.610. The van der Waals surface area contributed by atoms with Crippen molar-refractivity contribution in [2.45, 2.75) is 130 Å². The van der Waals surface area contributed by atoms with E-state index in [2.05, 4.69) is 13.8 Å². The summed E-state index contributed by atoms with van der Waals surface area (Å²) in [6.45, 7) is 6.03. The molecule has 4 rings (SSSR count). The standard InChI is InChI=1S/C41H56O8/c1-4-6-8-10-30-12-16-32(17-13-30)40(44)48-36-22-20-34(21-23-36)46-38(42)28-29(3)39(43)47-35-24-26-37(27-25-35)49-41(45)33-18-14-31(15-19-33)11-9-7-5-2/h20-27,29-33H,4-19,28H2,1-3H3. The Morgan fingerprint density at radius 1 is 0.551 bits per heavy atom. The molecule has 0 radical (unpaired) electrons. The lowest BCUT2D eigenvalue weighted by Crippen LogP contribution is -2.25. The number of hydrogen-bond donors (Lipinski definition) is 0. The number of esters is 4. The third-order valence-corrected chi connectivity index (χ3v) is 10.2. The molecule has 0 spiro atoms. The van der Waals surface area contributed by atoms with Crippen LogP contribution in [0, 0.1) is 29.6 Å². The van der Waals surface area contributed by atoms with Crippen molar-refractivity contribution in [1.82, 2.24) is 0 Å². The van der Waals surface area contributed by atoms with Gasteiger partial charge in [0, 0.05) is 0 Å². The van der Waals surface area contributed by atoms with E-state index in [-0.39, 0.29) is 30.2 Å². The van der Waals surface area contributed by atoms with E-state index in [4.69, 9.17) is 18.9 Å². The van der Waals surface area contributed by atoms with Gasteiger partial charge in [0.15, 0.2) is 0 Å². The highest BCUT2D eigenvalue weighted by Crippen LogP contribution is 2.34. The average molecular weight is 677 g/mol. The molecule has 0 saturated heterocycles. The van der Waals surface area contributed by atoms with Crippen LogP contribution in [0.25, 0.3) is 0 Å². The molecule has 2 fully saturated rings. The molecule has 8 heteroatoms. The van der Waals surface area contributed by atoms with Crippen LogP contribution in [0.2, 0.25) is 0 Å². The van der Waals surface area contributed by atoms with Crippen molar-refractivity contribution in [3.63, 3.8) is 0 Å². The molecule has 49 heavy (non-hydrogen) atoms. The number of unbranched alkanes of at least 4 members (excludes halogenated alkanes) is 4. The molecule has 2 aliphatic rings. The summed E-state index contributed by atoms with van der Waals surface area (Å²) in [6, 6.07) is 12.7. The van der Waals surface area contributed by atoms with E-state index >= 15 is 0 Å². The van der Waals surface area contributed by atoms with E-state index in [1.54, 1.807) is 55.5 Å². The molecule has 0 amide bonds. The molecule has 2 aromatic rings. The third-order valence-electron chi connectivity index (χ3n) is 10.2. The van der Waals surface area contributed by atoms with Crippen LogP contribution in [0.4, 0.5) is 0 Å². The molecule has 0 bridgehead atoms. The zero-order valence-corrected chi connectivity index (χ0v) is 29.8. The van der Waals surface area contributed by atoms with Gasteiger partial charge in [-0.15, -0.1) is 0 Å². The Hall–Kier alpha value is -3.68. The van der Waals surface area contributed by atoms with Crippen LogP contribution >= 0.6 is 0 Å². The summed E-state index contributed by atoms with van der Waals surface area (Å²) in [5.74, 6) is 0.393. The van der Waals surface area contributed by atoms with Crippen LogP contribution in [0.15, 0.2) is 48.5 Å². The van der Waals surface area contributed by atoms with Crippen molar-refractivity contribution in [1.29, 1.82) is 0 Å². The summed E-state index contributed by atoms with van der Waals surface area (Å²) in [5.41, 5.74) is 0. The lowest BCUT2D eigenvalue weighted by atomic mass is 9.80. The minimum atomic E-state index is -0.746. The topological polar surface area (TPSA) is 105 Å². The van der Waals surface area contributed by atoms with Crippen LogP contribution in [-0.4, -0.2) is 23.9 Å². The highest BCUT2D eigenvalue weighted by Gasteiger charge is 2.29. The van der Waals surface area contributed by atoms with Crippen LogP contribution < -0.4 is 18.9 Å². The molecule has 0 heterocycles. The van der Waals surface area contributed by atoms with Gasteiger partial charge in [-0.05, 0) is 112 Å². The van der Waals surface area contributed by atoms with E-state index in [9.17, 15) is 19.2 Å². The Balaban J connectivity index is 1.13. The lowest BCUT2D eigenvalue weighted by molar-refractivity contribution is -0.144. The first-order chi connectivity index (χ1) is 23.7. The largest absolute Gasteiger partial charge is 0.427 e. The molecule has 8 nitrogen and oxygen atoms in total. The molecule has 1 atom stereocenters. The van der Waals surface area contributed by atoms with Gasteiger partial charge in [0.25, 0.3) is 0 Å². The van der Waals surface area contributed by atoms with E-state index in [0.717, 1.165) is 63.2 Å². The molecule has 0 aromatic heterocycles. The number of benzene rings is 2. The Kier molecular flexibility index (Phi) is 15.6. The number of carbonyl (C=O) groups excluding carboxylic acids is 4. The second-order valence-electron chi connectivity index (χ2n) is 14.2. The summed E-state index contributed by atoms with van der Waals surface area (Å²) < 4.78 is 22.1. The summed E-state index contributed by atoms with van der Waals surface area (Å²) in [7, 11) is 0. The molecule has 2 aromatic carbocycles. The van der Waals surface area contributed by atoms with Crippen molar-refractivity contribution in [3.05, 3.63) is 48.5 Å². The van der Waals surface area contributed by atoms with Gasteiger partial charge in [0.2, 0.25) is 0 Å². The molecule has 0 N–H and O–H groups in total.